The number of likely N-dealkylation sites (N-methyl/N-ethyl adjacent to an activating group) is 2. The van der Waals surface area contributed by atoms with Crippen LogP contribution in [-0.4, -0.2) is 122 Å². The highest BCUT2D eigenvalue weighted by atomic mass is 16.5. The van der Waals surface area contributed by atoms with E-state index in [4.69, 9.17) is 15.2 Å². The van der Waals surface area contributed by atoms with E-state index in [1.165, 1.54) is 0 Å². The molecule has 9 atom stereocenters. The van der Waals surface area contributed by atoms with E-state index < -0.39 is 42.2 Å². The number of nitrogens with zero attached hydrogens (tertiary/aromatic N) is 3. The van der Waals surface area contributed by atoms with Crippen molar-refractivity contribution >= 4 is 35.1 Å². The number of ketones is 1. The third kappa shape index (κ3) is 13.0. The van der Waals surface area contributed by atoms with E-state index >= 15 is 0 Å². The topological polar surface area (TPSA) is 164 Å². The normalized spacial score (nSPS) is 19.0. The van der Waals surface area contributed by atoms with Gasteiger partial charge in [-0.3, -0.25) is 28.9 Å². The number of Topliss-reactive ketones (excluding diaryl/α,β-unsaturated/α-hetero) is 1. The molecule has 0 saturated carbocycles. The van der Waals surface area contributed by atoms with Crippen LogP contribution in [0.5, 0.6) is 0 Å². The zero-order chi connectivity index (χ0) is 41.7. The maximum absolute atomic E-state index is 14.2. The fourth-order valence-corrected chi connectivity index (χ4v) is 8.02. The summed E-state index contributed by atoms with van der Waals surface area (Å²) in [5, 5.41) is 5.94. The predicted octanol–water partition coefficient (Wildman–Crippen LogP) is 4.13. The van der Waals surface area contributed by atoms with Crippen LogP contribution in [0.2, 0.25) is 0 Å². The highest BCUT2D eigenvalue weighted by Crippen LogP contribution is 2.30. The minimum Gasteiger partial charge on any atom is -0.399 e. The molecular weight excluding hydrogens is 700 g/mol. The van der Waals surface area contributed by atoms with Crippen molar-refractivity contribution in [2.45, 2.75) is 130 Å². The SMILES string of the molecule is CC[C@H](C)[C@@H]([C@@H](CC(=O)N1CCC[C@H]1[C@H](OC)[C@@H](C)C(=O)C[C@@H](C)C(=O)NCc1ccc(N)cc1)OC)N(C)C(=O)[C@@H](NC(=O)[C@H](C(C)C)N(C)C)C(C)C. The van der Waals surface area contributed by atoms with Gasteiger partial charge in [-0.25, -0.2) is 0 Å². The minimum atomic E-state index is -0.763. The van der Waals surface area contributed by atoms with Crippen LogP contribution in [0.4, 0.5) is 5.69 Å². The number of nitrogens with one attached hydrogen (secondary N) is 2. The van der Waals surface area contributed by atoms with E-state index in [2.05, 4.69) is 10.6 Å². The minimum absolute atomic E-state index is 0.0233. The molecular formula is C42H72N6O7. The van der Waals surface area contributed by atoms with Gasteiger partial charge in [0.05, 0.1) is 36.8 Å². The quantitative estimate of drug-likeness (QED) is 0.147. The summed E-state index contributed by atoms with van der Waals surface area (Å²) < 4.78 is 12.0. The molecule has 4 amide bonds. The number of carbonyl (C=O) groups is 5. The Morgan fingerprint density at radius 3 is 2.02 bits per heavy atom. The van der Waals surface area contributed by atoms with Gasteiger partial charge in [0.1, 0.15) is 11.8 Å². The van der Waals surface area contributed by atoms with Gasteiger partial charge < -0.3 is 35.6 Å². The fourth-order valence-electron chi connectivity index (χ4n) is 8.02. The van der Waals surface area contributed by atoms with E-state index in [1.54, 1.807) is 57.0 Å². The van der Waals surface area contributed by atoms with Crippen LogP contribution in [0.3, 0.4) is 0 Å². The molecule has 0 radical (unpaired) electrons. The largest absolute Gasteiger partial charge is 0.399 e. The lowest BCUT2D eigenvalue weighted by Gasteiger charge is -2.41. The number of ether oxygens (including phenoxy) is 2. The number of carbonyl (C=O) groups excluding carboxylic acids is 5. The maximum atomic E-state index is 14.2. The van der Waals surface area contributed by atoms with Crippen molar-refractivity contribution in [3.63, 3.8) is 0 Å². The second-order valence-electron chi connectivity index (χ2n) is 16.5. The van der Waals surface area contributed by atoms with Crippen molar-refractivity contribution in [3.05, 3.63) is 29.8 Å². The molecule has 1 aliphatic rings. The molecule has 0 spiro atoms. The van der Waals surface area contributed by atoms with E-state index in [0.29, 0.717) is 25.2 Å². The van der Waals surface area contributed by atoms with Crippen molar-refractivity contribution in [1.29, 1.82) is 0 Å². The summed E-state index contributed by atoms with van der Waals surface area (Å²) in [5.41, 5.74) is 7.31. The summed E-state index contributed by atoms with van der Waals surface area (Å²) in [6, 6.07) is 5.30. The molecule has 2 rings (SSSR count). The van der Waals surface area contributed by atoms with Crippen LogP contribution < -0.4 is 16.4 Å². The number of anilines is 1. The van der Waals surface area contributed by atoms with Crippen LogP contribution in [0.25, 0.3) is 0 Å². The average molecular weight is 773 g/mol. The molecule has 1 aromatic carbocycles. The van der Waals surface area contributed by atoms with Gasteiger partial charge in [-0.2, -0.15) is 0 Å². The monoisotopic (exact) mass is 773 g/mol. The average Bonchev–Trinajstić information content (AvgIpc) is 3.62. The molecule has 1 heterocycles. The number of benzene rings is 1. The number of nitrogens with two attached hydrogens (primary N) is 1. The van der Waals surface area contributed by atoms with Crippen LogP contribution in [0, 0.1) is 29.6 Å². The second kappa shape index (κ2) is 22.3. The lowest BCUT2D eigenvalue weighted by molar-refractivity contribution is -0.148. The fraction of sp³-hybridized carbons (Fsp3) is 0.738. The summed E-state index contributed by atoms with van der Waals surface area (Å²) in [5.74, 6) is -2.16. The molecule has 0 bridgehead atoms. The summed E-state index contributed by atoms with van der Waals surface area (Å²) in [6.07, 6.45) is 1.05. The van der Waals surface area contributed by atoms with Crippen LogP contribution in [0.1, 0.15) is 93.1 Å². The second-order valence-corrected chi connectivity index (χ2v) is 16.5. The molecule has 0 unspecified atom stereocenters. The zero-order valence-corrected chi connectivity index (χ0v) is 35.9. The highest BCUT2D eigenvalue weighted by molar-refractivity contribution is 5.90. The Bertz CT molecular complexity index is 1390. The van der Waals surface area contributed by atoms with Crippen LogP contribution in [0.15, 0.2) is 24.3 Å². The first kappa shape index (κ1) is 47.6. The van der Waals surface area contributed by atoms with Crippen molar-refractivity contribution in [2.75, 3.05) is 47.6 Å². The number of hydrogen-bond donors (Lipinski definition) is 3. The molecule has 0 aromatic heterocycles. The third-order valence-corrected chi connectivity index (χ3v) is 11.4. The van der Waals surface area contributed by atoms with Gasteiger partial charge in [0.15, 0.2) is 0 Å². The molecule has 55 heavy (non-hydrogen) atoms. The molecule has 13 heteroatoms. The number of hydrogen-bond acceptors (Lipinski definition) is 9. The Morgan fingerprint density at radius 1 is 0.891 bits per heavy atom. The molecule has 4 N–H and O–H groups in total. The van der Waals surface area contributed by atoms with Crippen molar-refractivity contribution in [2.24, 2.45) is 29.6 Å². The number of rotatable bonds is 22. The van der Waals surface area contributed by atoms with E-state index in [9.17, 15) is 24.0 Å². The van der Waals surface area contributed by atoms with Crippen LogP contribution >= 0.6 is 0 Å². The Kier molecular flexibility index (Phi) is 19.3. The number of methoxy groups -OCH3 is 2. The third-order valence-electron chi connectivity index (χ3n) is 11.4. The van der Waals surface area contributed by atoms with Crippen molar-refractivity contribution in [3.8, 4) is 0 Å². The number of likely N-dealkylation sites (tertiary alicyclic amines) is 1. The smallest absolute Gasteiger partial charge is 0.245 e. The Labute approximate surface area is 330 Å². The van der Waals surface area contributed by atoms with Gasteiger partial charge in [0.2, 0.25) is 23.6 Å². The Hall–Kier alpha value is -3.55. The summed E-state index contributed by atoms with van der Waals surface area (Å²) >= 11 is 0. The van der Waals surface area contributed by atoms with Gasteiger partial charge in [-0.05, 0) is 62.4 Å². The first-order chi connectivity index (χ1) is 25.8. The van der Waals surface area contributed by atoms with Gasteiger partial charge in [0, 0.05) is 58.3 Å². The maximum Gasteiger partial charge on any atom is 0.245 e. The first-order valence-corrected chi connectivity index (χ1v) is 20.0. The molecule has 312 valence electrons. The summed E-state index contributed by atoms with van der Waals surface area (Å²) in [6.45, 7) is 16.3. The van der Waals surface area contributed by atoms with Crippen LogP contribution in [-0.2, 0) is 40.0 Å². The van der Waals surface area contributed by atoms with Crippen molar-refractivity contribution < 1.29 is 33.4 Å². The van der Waals surface area contributed by atoms with Gasteiger partial charge >= 0.3 is 0 Å². The lowest BCUT2D eigenvalue weighted by atomic mass is 9.87. The molecule has 0 aliphatic carbocycles. The highest BCUT2D eigenvalue weighted by Gasteiger charge is 2.43. The van der Waals surface area contributed by atoms with E-state index in [1.807, 2.05) is 72.7 Å². The number of amides is 4. The lowest BCUT2D eigenvalue weighted by Crippen LogP contribution is -2.59. The van der Waals surface area contributed by atoms with Gasteiger partial charge in [-0.15, -0.1) is 0 Å². The molecule has 1 fully saturated rings. The first-order valence-electron chi connectivity index (χ1n) is 20.0. The van der Waals surface area contributed by atoms with E-state index in [0.717, 1.165) is 18.4 Å². The van der Waals surface area contributed by atoms with Gasteiger partial charge in [-0.1, -0.05) is 73.9 Å². The number of nitrogen functional groups attached to an aromatic ring is 1. The van der Waals surface area contributed by atoms with Gasteiger partial charge in [0.25, 0.3) is 0 Å². The van der Waals surface area contributed by atoms with E-state index in [-0.39, 0.29) is 66.0 Å². The standard InChI is InChI=1S/C42H72N6O7/c1-14-27(6)38(47(11)42(53)36(25(2)3)45-41(52)37(26(4)5)46(9)10)34(54-12)23-35(50)48-21-15-16-32(48)39(55-13)29(8)33(49)22-28(7)40(51)44-24-30-17-19-31(43)20-18-30/h17-20,25-29,32,34,36-39H,14-16,21-24,43H2,1-13H3,(H,44,51)(H,45,52)/t27-,28+,29-,32-,34+,36-,37-,38-,39+/m0/s1. The summed E-state index contributed by atoms with van der Waals surface area (Å²) in [4.78, 5) is 73.6. The Morgan fingerprint density at radius 2 is 1.51 bits per heavy atom. The molecule has 1 aliphatic heterocycles. The molecule has 1 saturated heterocycles. The molecule has 13 nitrogen and oxygen atoms in total. The zero-order valence-electron chi connectivity index (χ0n) is 35.9. The Balaban J connectivity index is 2.20. The van der Waals surface area contributed by atoms with Crippen molar-refractivity contribution in [1.82, 2.24) is 25.3 Å². The molecule has 1 aromatic rings. The predicted molar refractivity (Wildman–Crippen MR) is 217 cm³/mol. The summed E-state index contributed by atoms with van der Waals surface area (Å²) in [7, 11) is 8.56.